The van der Waals surface area contributed by atoms with Gasteiger partial charge in [-0.15, -0.1) is 0 Å². The summed E-state index contributed by atoms with van der Waals surface area (Å²) in [6, 6.07) is 16.5. The number of amides is 4. The van der Waals surface area contributed by atoms with E-state index in [0.29, 0.717) is 16.3 Å². The van der Waals surface area contributed by atoms with Gasteiger partial charge in [0.1, 0.15) is 0 Å². The second-order valence-corrected chi connectivity index (χ2v) is 9.82. The van der Waals surface area contributed by atoms with E-state index in [9.17, 15) is 34.4 Å². The molecule has 0 spiro atoms. The van der Waals surface area contributed by atoms with Gasteiger partial charge in [0.2, 0.25) is 0 Å². The lowest BCUT2D eigenvalue weighted by atomic mass is 10.0. The Bertz CT molecular complexity index is 1500. The number of nitro groups is 1. The van der Waals surface area contributed by atoms with Crippen LogP contribution in [-0.4, -0.2) is 62.9 Å². The van der Waals surface area contributed by atoms with Crippen molar-refractivity contribution in [1.82, 2.24) is 15.1 Å². The number of urea groups is 1. The average Bonchev–Trinajstić information content (AvgIpc) is 3.38. The molecule has 0 saturated carbocycles. The number of carbonyl (C=O) groups excluding carboxylic acids is 3. The van der Waals surface area contributed by atoms with Gasteiger partial charge in [-0.25, -0.2) is 4.79 Å². The zero-order chi connectivity index (χ0) is 29.7. The molecule has 1 saturated heterocycles. The molecule has 3 aromatic rings. The predicted molar refractivity (Wildman–Crippen MR) is 149 cm³/mol. The summed E-state index contributed by atoms with van der Waals surface area (Å²) in [6.07, 6.45) is -2.04. The Kier molecular flexibility index (Phi) is 8.83. The van der Waals surface area contributed by atoms with Crippen LogP contribution in [0.3, 0.4) is 0 Å². The van der Waals surface area contributed by atoms with Crippen molar-refractivity contribution < 1.29 is 29.2 Å². The van der Waals surface area contributed by atoms with E-state index < -0.39 is 47.4 Å². The van der Waals surface area contributed by atoms with Crippen LogP contribution in [0, 0.1) is 17.0 Å². The van der Waals surface area contributed by atoms with Crippen LogP contribution >= 0.6 is 11.6 Å². The number of rotatable bonds is 8. The molecule has 1 aliphatic rings. The quantitative estimate of drug-likeness (QED) is 0.266. The number of halogens is 1. The van der Waals surface area contributed by atoms with Gasteiger partial charge in [0.15, 0.2) is 6.17 Å². The second-order valence-electron chi connectivity index (χ2n) is 9.38. The number of hydrogen-bond acceptors (Lipinski definition) is 6. The van der Waals surface area contributed by atoms with Gasteiger partial charge in [-0.05, 0) is 42.8 Å². The van der Waals surface area contributed by atoms with E-state index in [2.05, 4.69) is 10.6 Å². The Morgan fingerprint density at radius 3 is 2.37 bits per heavy atom. The summed E-state index contributed by atoms with van der Waals surface area (Å²) in [5.74, 6) is -2.60. The molecule has 12 nitrogen and oxygen atoms in total. The fourth-order valence-electron chi connectivity index (χ4n) is 4.49. The van der Waals surface area contributed by atoms with Crippen LogP contribution in [0.5, 0.6) is 0 Å². The molecule has 0 bridgehead atoms. The standard InChI is InChI=1S/C28H26ClN5O7/c1-17-8-10-18(11-9-17)27(38)32-12-13-33(28(39)30-21-6-3-5-20(29)15-21)26(32)25(37)31-23(16-24(35)36)19-4-2-7-22(14-19)34(40)41/h2-11,14-15,23,26H,12-13,16H2,1H3,(H,30,39)(H,31,37)(H,35,36). The number of nitrogens with one attached hydrogen (secondary N) is 2. The maximum Gasteiger partial charge on any atom is 0.323 e. The Balaban J connectivity index is 1.66. The highest BCUT2D eigenvalue weighted by molar-refractivity contribution is 6.30. The Morgan fingerprint density at radius 2 is 1.71 bits per heavy atom. The maximum absolute atomic E-state index is 13.8. The number of nitrogens with zero attached hydrogens (tertiary/aromatic N) is 3. The summed E-state index contributed by atoms with van der Waals surface area (Å²) in [5.41, 5.74) is 1.48. The summed E-state index contributed by atoms with van der Waals surface area (Å²) in [7, 11) is 0. The average molecular weight is 580 g/mol. The highest BCUT2D eigenvalue weighted by Crippen LogP contribution is 2.25. The molecule has 0 radical (unpaired) electrons. The first kappa shape index (κ1) is 29.0. The minimum absolute atomic E-state index is 0.00247. The molecule has 2 unspecified atom stereocenters. The zero-order valence-electron chi connectivity index (χ0n) is 21.8. The molecule has 1 aliphatic heterocycles. The monoisotopic (exact) mass is 579 g/mol. The lowest BCUT2D eigenvalue weighted by Gasteiger charge is -2.31. The van der Waals surface area contributed by atoms with Gasteiger partial charge in [-0.3, -0.25) is 29.4 Å². The molecule has 0 aliphatic carbocycles. The molecule has 3 N–H and O–H groups in total. The third-order valence-corrected chi connectivity index (χ3v) is 6.72. The molecular weight excluding hydrogens is 554 g/mol. The van der Waals surface area contributed by atoms with Gasteiger partial charge in [-0.2, -0.15) is 0 Å². The Morgan fingerprint density at radius 1 is 1.02 bits per heavy atom. The minimum Gasteiger partial charge on any atom is -0.481 e. The van der Waals surface area contributed by atoms with Crippen molar-refractivity contribution in [3.8, 4) is 0 Å². The maximum atomic E-state index is 13.8. The molecule has 3 aromatic carbocycles. The summed E-state index contributed by atoms with van der Waals surface area (Å²) in [6.45, 7) is 1.88. The number of aliphatic carboxylic acids is 1. The van der Waals surface area contributed by atoms with Crippen molar-refractivity contribution >= 4 is 46.8 Å². The number of anilines is 1. The molecule has 4 rings (SSSR count). The van der Waals surface area contributed by atoms with Crippen molar-refractivity contribution in [3.05, 3.63) is 105 Å². The fourth-order valence-corrected chi connectivity index (χ4v) is 4.68. The SMILES string of the molecule is Cc1ccc(C(=O)N2CCN(C(=O)Nc3cccc(Cl)c3)C2C(=O)NC(CC(=O)O)c2cccc([N+](=O)[O-])c2)cc1. The normalized spacial score (nSPS) is 15.2. The van der Waals surface area contributed by atoms with Crippen molar-refractivity contribution in [2.75, 3.05) is 18.4 Å². The van der Waals surface area contributed by atoms with Crippen molar-refractivity contribution in [3.63, 3.8) is 0 Å². The van der Waals surface area contributed by atoms with Gasteiger partial charge in [0.25, 0.3) is 17.5 Å². The first-order chi connectivity index (χ1) is 19.5. The van der Waals surface area contributed by atoms with Crippen LogP contribution in [0.1, 0.15) is 33.9 Å². The van der Waals surface area contributed by atoms with Crippen LogP contribution in [-0.2, 0) is 9.59 Å². The van der Waals surface area contributed by atoms with Crippen LogP contribution in [0.15, 0.2) is 72.8 Å². The lowest BCUT2D eigenvalue weighted by molar-refractivity contribution is -0.384. The number of non-ortho nitro benzene ring substituents is 1. The van der Waals surface area contributed by atoms with E-state index in [-0.39, 0.29) is 24.3 Å². The minimum atomic E-state index is -1.45. The zero-order valence-corrected chi connectivity index (χ0v) is 22.6. The van der Waals surface area contributed by atoms with Crippen molar-refractivity contribution in [2.45, 2.75) is 25.6 Å². The fraction of sp³-hybridized carbons (Fsp3) is 0.214. The summed E-state index contributed by atoms with van der Waals surface area (Å²) in [5, 5.41) is 26.4. The summed E-state index contributed by atoms with van der Waals surface area (Å²) in [4.78, 5) is 65.3. The first-order valence-corrected chi connectivity index (χ1v) is 12.9. The van der Waals surface area contributed by atoms with Gasteiger partial charge < -0.3 is 20.6 Å². The van der Waals surface area contributed by atoms with Gasteiger partial charge in [-0.1, -0.05) is 47.5 Å². The van der Waals surface area contributed by atoms with Crippen LogP contribution in [0.2, 0.25) is 5.02 Å². The van der Waals surface area contributed by atoms with E-state index in [1.807, 2.05) is 6.92 Å². The smallest absolute Gasteiger partial charge is 0.323 e. The molecular formula is C28H26ClN5O7. The first-order valence-electron chi connectivity index (χ1n) is 12.5. The number of nitro benzene ring substituents is 1. The topological polar surface area (TPSA) is 162 Å². The molecule has 1 heterocycles. The van der Waals surface area contributed by atoms with E-state index in [1.54, 1.807) is 42.5 Å². The Labute approximate surface area is 239 Å². The van der Waals surface area contributed by atoms with E-state index >= 15 is 0 Å². The third-order valence-electron chi connectivity index (χ3n) is 6.48. The van der Waals surface area contributed by atoms with Gasteiger partial charge in [0, 0.05) is 41.5 Å². The van der Waals surface area contributed by atoms with Crippen LogP contribution in [0.25, 0.3) is 0 Å². The van der Waals surface area contributed by atoms with E-state index in [1.165, 1.54) is 35.2 Å². The molecule has 212 valence electrons. The number of benzene rings is 3. The molecule has 4 amide bonds. The number of carboxylic acids is 1. The third kappa shape index (κ3) is 6.97. The lowest BCUT2D eigenvalue weighted by Crippen LogP contribution is -2.55. The summed E-state index contributed by atoms with van der Waals surface area (Å²) >= 11 is 6.03. The molecule has 2 atom stereocenters. The van der Waals surface area contributed by atoms with Gasteiger partial charge in [0.05, 0.1) is 17.4 Å². The van der Waals surface area contributed by atoms with Crippen molar-refractivity contribution in [1.29, 1.82) is 0 Å². The number of hydrogen-bond donors (Lipinski definition) is 3. The second kappa shape index (κ2) is 12.5. The van der Waals surface area contributed by atoms with Crippen LogP contribution < -0.4 is 10.6 Å². The molecule has 0 aromatic heterocycles. The number of aryl methyl sites for hydroxylation is 1. The highest BCUT2D eigenvalue weighted by atomic mass is 35.5. The summed E-state index contributed by atoms with van der Waals surface area (Å²) < 4.78 is 0. The van der Waals surface area contributed by atoms with E-state index in [4.69, 9.17) is 11.6 Å². The highest BCUT2D eigenvalue weighted by Gasteiger charge is 2.43. The largest absolute Gasteiger partial charge is 0.481 e. The number of carbonyl (C=O) groups is 4. The predicted octanol–water partition coefficient (Wildman–Crippen LogP) is 4.20. The molecule has 13 heteroatoms. The molecule has 41 heavy (non-hydrogen) atoms. The molecule has 1 fully saturated rings. The van der Waals surface area contributed by atoms with E-state index in [0.717, 1.165) is 10.5 Å². The van der Waals surface area contributed by atoms with Crippen LogP contribution in [0.4, 0.5) is 16.2 Å². The number of carboxylic acid groups (broad SMARTS) is 1. The van der Waals surface area contributed by atoms with Gasteiger partial charge >= 0.3 is 12.0 Å². The van der Waals surface area contributed by atoms with Crippen molar-refractivity contribution in [2.24, 2.45) is 0 Å². The Hall–Kier alpha value is -4.97.